The maximum atomic E-state index is 11.6. The third kappa shape index (κ3) is 4.84. The molecule has 0 bridgehead atoms. The Bertz CT molecular complexity index is 424. The van der Waals surface area contributed by atoms with Gasteiger partial charge in [0, 0.05) is 30.8 Å². The molecular formula is C12H17NO6S. The molecule has 2 unspecified atom stereocenters. The molecule has 1 fully saturated rings. The van der Waals surface area contributed by atoms with E-state index in [0.717, 1.165) is 0 Å². The Labute approximate surface area is 120 Å². The highest BCUT2D eigenvalue weighted by molar-refractivity contribution is 7.99. The molecule has 7 nitrogen and oxygen atoms in total. The number of Topliss-reactive ketones (excluding diaryl/α,β-unsaturated/α-hetero) is 1. The molecule has 1 saturated carbocycles. The Morgan fingerprint density at radius 2 is 2.05 bits per heavy atom. The molecule has 1 aliphatic rings. The number of thioether (sulfide) groups is 1. The molecule has 3 atom stereocenters. The van der Waals surface area contributed by atoms with Crippen LogP contribution >= 0.6 is 11.8 Å². The number of carboxylic acid groups (broad SMARTS) is 2. The third-order valence-corrected chi connectivity index (χ3v) is 4.31. The number of hydrogen-bond acceptors (Lipinski definition) is 5. The molecule has 0 radical (unpaired) electrons. The van der Waals surface area contributed by atoms with Crippen molar-refractivity contribution in [3.63, 3.8) is 0 Å². The Hall–Kier alpha value is -1.57. The van der Waals surface area contributed by atoms with Gasteiger partial charge in [-0.05, 0) is 6.42 Å². The highest BCUT2D eigenvalue weighted by atomic mass is 32.2. The molecule has 1 aliphatic carbocycles. The summed E-state index contributed by atoms with van der Waals surface area (Å²) in [6.07, 6.45) is 0.355. The smallest absolute Gasteiger partial charge is 0.327 e. The zero-order chi connectivity index (χ0) is 15.3. The molecule has 0 saturated heterocycles. The molecular weight excluding hydrogens is 286 g/mol. The second kappa shape index (κ2) is 7.28. The van der Waals surface area contributed by atoms with Crippen LogP contribution in [-0.2, 0) is 19.2 Å². The van der Waals surface area contributed by atoms with Gasteiger partial charge in [0.1, 0.15) is 11.8 Å². The lowest BCUT2D eigenvalue weighted by atomic mass is 10.1. The number of carboxylic acids is 2. The molecule has 0 aromatic rings. The van der Waals surface area contributed by atoms with Crippen molar-refractivity contribution in [2.75, 3.05) is 11.5 Å². The minimum Gasteiger partial charge on any atom is -0.481 e. The standard InChI is InChI=1S/C12H17NO6S/c1-6(14)13-9(12(18)19)5-20-4-8-2-7(11(16)17)3-10(8)15/h7-9H,2-5H2,1H3,(H,13,14)(H,16,17)(H,18,19)/t7?,8?,9-/m1/s1. The zero-order valence-corrected chi connectivity index (χ0v) is 11.8. The van der Waals surface area contributed by atoms with Gasteiger partial charge in [0.2, 0.25) is 5.91 Å². The molecule has 8 heteroatoms. The summed E-state index contributed by atoms with van der Waals surface area (Å²) >= 11 is 1.24. The molecule has 1 amide bonds. The number of aliphatic carboxylic acids is 2. The Morgan fingerprint density at radius 3 is 2.50 bits per heavy atom. The molecule has 0 aromatic heterocycles. The molecule has 0 heterocycles. The van der Waals surface area contributed by atoms with Crippen molar-refractivity contribution < 1.29 is 29.4 Å². The summed E-state index contributed by atoms with van der Waals surface area (Å²) in [5, 5.41) is 20.1. The van der Waals surface area contributed by atoms with Crippen molar-refractivity contribution in [2.45, 2.75) is 25.8 Å². The second-order valence-electron chi connectivity index (χ2n) is 4.77. The maximum Gasteiger partial charge on any atom is 0.327 e. The number of nitrogens with one attached hydrogen (secondary N) is 1. The van der Waals surface area contributed by atoms with Crippen molar-refractivity contribution in [3.05, 3.63) is 0 Å². The SMILES string of the molecule is CC(=O)N[C@H](CSCC1CC(C(=O)O)CC1=O)C(=O)O. The molecule has 1 rings (SSSR count). The largest absolute Gasteiger partial charge is 0.481 e. The number of amides is 1. The lowest BCUT2D eigenvalue weighted by Gasteiger charge is -2.14. The summed E-state index contributed by atoms with van der Waals surface area (Å²) in [5.74, 6) is -3.05. The number of carbonyl (C=O) groups excluding carboxylic acids is 2. The number of hydrogen-bond donors (Lipinski definition) is 3. The molecule has 0 aromatic carbocycles. The lowest BCUT2D eigenvalue weighted by Crippen LogP contribution is -2.41. The fourth-order valence-corrected chi connectivity index (χ4v) is 3.27. The van der Waals surface area contributed by atoms with Crippen LogP contribution in [-0.4, -0.2) is 51.4 Å². The van der Waals surface area contributed by atoms with E-state index in [1.807, 2.05) is 0 Å². The summed E-state index contributed by atoms with van der Waals surface area (Å²) in [7, 11) is 0. The van der Waals surface area contributed by atoms with Crippen LogP contribution in [0.1, 0.15) is 19.8 Å². The van der Waals surface area contributed by atoms with Crippen LogP contribution in [0.2, 0.25) is 0 Å². The number of rotatable bonds is 7. The van der Waals surface area contributed by atoms with Gasteiger partial charge in [0.05, 0.1) is 5.92 Å². The topological polar surface area (TPSA) is 121 Å². The normalized spacial score (nSPS) is 23.4. The van der Waals surface area contributed by atoms with Gasteiger partial charge in [0.15, 0.2) is 0 Å². The first-order chi connectivity index (χ1) is 9.31. The quantitative estimate of drug-likeness (QED) is 0.604. The van der Waals surface area contributed by atoms with Gasteiger partial charge >= 0.3 is 11.9 Å². The second-order valence-corrected chi connectivity index (χ2v) is 5.84. The summed E-state index contributed by atoms with van der Waals surface area (Å²) in [4.78, 5) is 44.2. The van der Waals surface area contributed by atoms with Gasteiger partial charge in [-0.15, -0.1) is 0 Å². The highest BCUT2D eigenvalue weighted by Crippen LogP contribution is 2.30. The van der Waals surface area contributed by atoms with Gasteiger partial charge < -0.3 is 15.5 Å². The fourth-order valence-electron chi connectivity index (χ4n) is 2.07. The van der Waals surface area contributed by atoms with E-state index in [1.54, 1.807) is 0 Å². The number of ketones is 1. The van der Waals surface area contributed by atoms with Gasteiger partial charge in [-0.1, -0.05) is 0 Å². The van der Waals surface area contributed by atoms with Gasteiger partial charge in [0.25, 0.3) is 0 Å². The maximum absolute atomic E-state index is 11.6. The van der Waals surface area contributed by atoms with E-state index >= 15 is 0 Å². The highest BCUT2D eigenvalue weighted by Gasteiger charge is 2.36. The Kier molecular flexibility index (Phi) is 6.00. The monoisotopic (exact) mass is 303 g/mol. The van der Waals surface area contributed by atoms with E-state index in [0.29, 0.717) is 12.2 Å². The average molecular weight is 303 g/mol. The minimum atomic E-state index is -1.13. The Balaban J connectivity index is 2.39. The summed E-state index contributed by atoms with van der Waals surface area (Å²) < 4.78 is 0. The first kappa shape index (κ1) is 16.5. The minimum absolute atomic E-state index is 0.0502. The zero-order valence-electron chi connectivity index (χ0n) is 11.0. The molecule has 20 heavy (non-hydrogen) atoms. The van der Waals surface area contributed by atoms with Crippen LogP contribution < -0.4 is 5.32 Å². The fraction of sp³-hybridized carbons (Fsp3) is 0.667. The van der Waals surface area contributed by atoms with Crippen LogP contribution in [0.5, 0.6) is 0 Å². The van der Waals surface area contributed by atoms with Gasteiger partial charge in [-0.3, -0.25) is 14.4 Å². The van der Waals surface area contributed by atoms with Crippen LogP contribution in [0.4, 0.5) is 0 Å². The average Bonchev–Trinajstić information content (AvgIpc) is 2.69. The van der Waals surface area contributed by atoms with Crippen LogP contribution in [0.15, 0.2) is 0 Å². The van der Waals surface area contributed by atoms with Gasteiger partial charge in [-0.25, -0.2) is 4.79 Å². The van der Waals surface area contributed by atoms with E-state index in [2.05, 4.69) is 5.32 Å². The van der Waals surface area contributed by atoms with E-state index in [-0.39, 0.29) is 23.9 Å². The summed E-state index contributed by atoms with van der Waals surface area (Å²) in [6.45, 7) is 1.23. The predicted molar refractivity (Wildman–Crippen MR) is 71.4 cm³/mol. The third-order valence-electron chi connectivity index (χ3n) is 3.10. The lowest BCUT2D eigenvalue weighted by molar-refractivity contribution is -0.142. The van der Waals surface area contributed by atoms with Crippen molar-refractivity contribution in [3.8, 4) is 0 Å². The van der Waals surface area contributed by atoms with E-state index in [1.165, 1.54) is 18.7 Å². The first-order valence-corrected chi connectivity index (χ1v) is 7.30. The molecule has 0 spiro atoms. The summed E-state index contributed by atoms with van der Waals surface area (Å²) in [5.41, 5.74) is 0. The molecule has 112 valence electrons. The van der Waals surface area contributed by atoms with E-state index in [9.17, 15) is 19.2 Å². The molecule has 0 aliphatic heterocycles. The van der Waals surface area contributed by atoms with Crippen molar-refractivity contribution in [1.82, 2.24) is 5.32 Å². The van der Waals surface area contributed by atoms with Crippen LogP contribution in [0.3, 0.4) is 0 Å². The Morgan fingerprint density at radius 1 is 1.40 bits per heavy atom. The van der Waals surface area contributed by atoms with Crippen LogP contribution in [0, 0.1) is 11.8 Å². The van der Waals surface area contributed by atoms with Crippen molar-refractivity contribution >= 4 is 35.4 Å². The van der Waals surface area contributed by atoms with Crippen molar-refractivity contribution in [2.24, 2.45) is 11.8 Å². The van der Waals surface area contributed by atoms with Crippen LogP contribution in [0.25, 0.3) is 0 Å². The number of carbonyl (C=O) groups is 4. The molecule has 3 N–H and O–H groups in total. The first-order valence-electron chi connectivity index (χ1n) is 6.14. The summed E-state index contributed by atoms with van der Waals surface area (Å²) in [6, 6.07) is -0.996. The van der Waals surface area contributed by atoms with E-state index in [4.69, 9.17) is 10.2 Å². The van der Waals surface area contributed by atoms with Crippen molar-refractivity contribution in [1.29, 1.82) is 0 Å². The predicted octanol–water partition coefficient (Wildman–Crippen LogP) is -0.0112. The van der Waals surface area contributed by atoms with E-state index < -0.39 is 29.8 Å². The van der Waals surface area contributed by atoms with Gasteiger partial charge in [-0.2, -0.15) is 11.8 Å².